The summed E-state index contributed by atoms with van der Waals surface area (Å²) >= 11 is 0. The molecule has 11 nitrogen and oxygen atoms in total. The number of anilines is 1. The zero-order chi connectivity index (χ0) is 28.6. The van der Waals surface area contributed by atoms with Gasteiger partial charge < -0.3 is 23.4 Å². The average Bonchev–Trinajstić information content (AvgIpc) is 3.51. The zero-order valence-corrected chi connectivity index (χ0v) is 25.2. The van der Waals surface area contributed by atoms with Crippen LogP contribution in [0.25, 0.3) is 5.52 Å². The molecular formula is C27H41N5O6Si. The second-order valence-corrected chi connectivity index (χ2v) is 17.0. The molecule has 2 aromatic rings. The van der Waals surface area contributed by atoms with Crippen LogP contribution < -0.4 is 5.32 Å². The van der Waals surface area contributed by atoms with E-state index in [2.05, 4.69) is 62.3 Å². The van der Waals surface area contributed by atoms with Crippen molar-refractivity contribution in [3.63, 3.8) is 0 Å². The predicted octanol–water partition coefficient (Wildman–Crippen LogP) is 5.13. The van der Waals surface area contributed by atoms with Gasteiger partial charge in [-0.2, -0.15) is 10.4 Å². The van der Waals surface area contributed by atoms with E-state index in [0.29, 0.717) is 17.8 Å². The maximum absolute atomic E-state index is 12.4. The number of ether oxygens (including phenoxy) is 4. The first-order chi connectivity index (χ1) is 18.2. The SMILES string of the molecule is CCCCCOC(=O)Nc1ncnn2c([C@]3(C#N)O[C@H](CO[Si](C)(C)C(C)(C)C)[C@H]4OC(C)(C)O[C@H]43)ccc12. The molecule has 0 saturated carbocycles. The molecule has 0 aromatic carbocycles. The lowest BCUT2D eigenvalue weighted by Gasteiger charge is -2.37. The Balaban J connectivity index is 1.64. The van der Waals surface area contributed by atoms with Gasteiger partial charge in [0.05, 0.1) is 18.9 Å². The van der Waals surface area contributed by atoms with Crippen LogP contribution in [0.4, 0.5) is 10.6 Å². The molecule has 12 heteroatoms. The molecule has 4 rings (SSSR count). The number of hydrogen-bond acceptors (Lipinski definition) is 9. The predicted molar refractivity (Wildman–Crippen MR) is 147 cm³/mol. The molecule has 2 saturated heterocycles. The first-order valence-corrected chi connectivity index (χ1v) is 16.5. The first-order valence-electron chi connectivity index (χ1n) is 13.6. The van der Waals surface area contributed by atoms with E-state index >= 15 is 0 Å². The lowest BCUT2D eigenvalue weighted by molar-refractivity contribution is -0.204. The minimum absolute atomic E-state index is 0.0127. The van der Waals surface area contributed by atoms with Crippen LogP contribution in [-0.4, -0.2) is 66.3 Å². The Morgan fingerprint density at radius 3 is 2.64 bits per heavy atom. The van der Waals surface area contributed by atoms with Crippen LogP contribution in [-0.2, 0) is 29.0 Å². The number of unbranched alkanes of at least 4 members (excludes halogenated alkanes) is 2. The molecular weight excluding hydrogens is 518 g/mol. The topological polar surface area (TPSA) is 129 Å². The largest absolute Gasteiger partial charge is 0.449 e. The van der Waals surface area contributed by atoms with Crippen LogP contribution in [0.1, 0.15) is 66.5 Å². The Bertz CT molecular complexity index is 1240. The molecule has 2 aliphatic heterocycles. The molecule has 2 aromatic heterocycles. The molecule has 0 unspecified atom stereocenters. The molecule has 4 atom stereocenters. The molecule has 2 aliphatic rings. The highest BCUT2D eigenvalue weighted by Gasteiger charge is 2.65. The van der Waals surface area contributed by atoms with Gasteiger partial charge in [-0.3, -0.25) is 5.32 Å². The molecule has 1 amide bonds. The summed E-state index contributed by atoms with van der Waals surface area (Å²) in [4.78, 5) is 16.6. The Kier molecular flexibility index (Phi) is 8.13. The monoisotopic (exact) mass is 559 g/mol. The smallest absolute Gasteiger partial charge is 0.412 e. The minimum atomic E-state index is -2.09. The molecule has 2 fully saturated rings. The molecule has 4 heterocycles. The van der Waals surface area contributed by atoms with Crippen LogP contribution in [0.5, 0.6) is 0 Å². The Morgan fingerprint density at radius 1 is 1.23 bits per heavy atom. The summed E-state index contributed by atoms with van der Waals surface area (Å²) in [6.45, 7) is 17.2. The number of carbonyl (C=O) groups excluding carboxylic acids is 1. The number of nitriles is 1. The highest BCUT2D eigenvalue weighted by molar-refractivity contribution is 6.74. The van der Waals surface area contributed by atoms with Gasteiger partial charge >= 0.3 is 6.09 Å². The fourth-order valence-electron chi connectivity index (χ4n) is 4.70. The van der Waals surface area contributed by atoms with E-state index in [-0.39, 0.29) is 17.5 Å². The van der Waals surface area contributed by atoms with Gasteiger partial charge in [-0.05, 0) is 50.5 Å². The zero-order valence-electron chi connectivity index (χ0n) is 24.2. The second kappa shape index (κ2) is 10.8. The Morgan fingerprint density at radius 2 is 1.97 bits per heavy atom. The summed E-state index contributed by atoms with van der Waals surface area (Å²) in [6.07, 6.45) is 1.75. The van der Waals surface area contributed by atoms with Crippen molar-refractivity contribution in [1.29, 1.82) is 5.26 Å². The third-order valence-corrected chi connectivity index (χ3v) is 12.3. The number of aromatic nitrogens is 3. The molecule has 0 bridgehead atoms. The maximum Gasteiger partial charge on any atom is 0.412 e. The number of nitrogens with one attached hydrogen (secondary N) is 1. The molecule has 214 valence electrons. The highest BCUT2D eigenvalue weighted by Crippen LogP contribution is 2.50. The number of hydrogen-bond donors (Lipinski definition) is 1. The van der Waals surface area contributed by atoms with Gasteiger partial charge in [-0.25, -0.2) is 14.3 Å². The third kappa shape index (κ3) is 5.69. The van der Waals surface area contributed by atoms with Crippen molar-refractivity contribution >= 4 is 25.7 Å². The summed E-state index contributed by atoms with van der Waals surface area (Å²) < 4.78 is 32.3. The summed E-state index contributed by atoms with van der Waals surface area (Å²) in [5.41, 5.74) is -0.585. The van der Waals surface area contributed by atoms with E-state index in [9.17, 15) is 10.1 Å². The van der Waals surface area contributed by atoms with E-state index in [1.54, 1.807) is 16.6 Å². The van der Waals surface area contributed by atoms with E-state index in [1.165, 1.54) is 6.33 Å². The van der Waals surface area contributed by atoms with Gasteiger partial charge in [0.15, 0.2) is 19.9 Å². The van der Waals surface area contributed by atoms with Crippen molar-refractivity contribution in [3.05, 3.63) is 24.2 Å². The lowest BCUT2D eigenvalue weighted by atomic mass is 9.92. The van der Waals surface area contributed by atoms with Crippen LogP contribution in [0.2, 0.25) is 18.1 Å². The highest BCUT2D eigenvalue weighted by atomic mass is 28.4. The molecule has 1 N–H and O–H groups in total. The van der Waals surface area contributed by atoms with Gasteiger partial charge in [0, 0.05) is 0 Å². The Hall–Kier alpha value is -2.56. The number of fused-ring (bicyclic) bond motifs is 2. The van der Waals surface area contributed by atoms with Crippen molar-refractivity contribution in [2.45, 2.75) is 109 Å². The summed E-state index contributed by atoms with van der Waals surface area (Å²) in [6, 6.07) is 5.85. The van der Waals surface area contributed by atoms with Crippen LogP contribution >= 0.6 is 0 Å². The van der Waals surface area contributed by atoms with Crippen LogP contribution in [0.3, 0.4) is 0 Å². The molecule has 0 radical (unpaired) electrons. The van der Waals surface area contributed by atoms with Crippen molar-refractivity contribution in [3.8, 4) is 6.07 Å². The van der Waals surface area contributed by atoms with Crippen LogP contribution in [0.15, 0.2) is 18.5 Å². The second-order valence-electron chi connectivity index (χ2n) is 12.2. The van der Waals surface area contributed by atoms with E-state index in [1.807, 2.05) is 13.8 Å². The normalized spacial score (nSPS) is 26.4. The average molecular weight is 560 g/mol. The summed E-state index contributed by atoms with van der Waals surface area (Å²) in [5.74, 6) is -0.645. The molecule has 0 aliphatic carbocycles. The standard InChI is InChI=1S/C27H41N5O6Si/c1-9-10-11-14-34-24(33)31-23-18-12-13-20(32(18)30-17-29-23)27(16-28)22-21(37-26(5,6)38-22)19(36-27)15-35-39(7,8)25(2,3)4/h12-13,17,19,21-22H,9-11,14-15H2,1-8H3,(H,29,30,31,33)/t19-,21-,22-,27+/m1/s1. The third-order valence-electron chi connectivity index (χ3n) is 7.85. The number of carbonyl (C=O) groups is 1. The number of amides is 1. The fourth-order valence-corrected chi connectivity index (χ4v) is 5.71. The maximum atomic E-state index is 12.4. The van der Waals surface area contributed by atoms with Crippen LogP contribution in [0, 0.1) is 11.3 Å². The first kappa shape index (κ1) is 29.4. The van der Waals surface area contributed by atoms with E-state index in [0.717, 1.165) is 19.3 Å². The fraction of sp³-hybridized carbons (Fsp3) is 0.704. The quantitative estimate of drug-likeness (QED) is 0.328. The van der Waals surface area contributed by atoms with Gasteiger partial charge in [-0.15, -0.1) is 0 Å². The summed E-state index contributed by atoms with van der Waals surface area (Å²) in [5, 5.41) is 17.7. The molecule has 0 spiro atoms. The van der Waals surface area contributed by atoms with Crippen molar-refractivity contribution in [2.75, 3.05) is 18.5 Å². The summed E-state index contributed by atoms with van der Waals surface area (Å²) in [7, 11) is -2.09. The number of rotatable bonds is 9. The van der Waals surface area contributed by atoms with E-state index < -0.39 is 44.1 Å². The van der Waals surface area contributed by atoms with Crippen molar-refractivity contribution in [1.82, 2.24) is 14.6 Å². The Labute approximate surface area is 231 Å². The van der Waals surface area contributed by atoms with Crippen molar-refractivity contribution < 1.29 is 28.2 Å². The lowest BCUT2D eigenvalue weighted by Crippen LogP contribution is -2.44. The minimum Gasteiger partial charge on any atom is -0.449 e. The number of nitrogens with zero attached hydrogens (tertiary/aromatic N) is 4. The van der Waals surface area contributed by atoms with Gasteiger partial charge in [0.1, 0.15) is 36.2 Å². The van der Waals surface area contributed by atoms with Crippen molar-refractivity contribution in [2.24, 2.45) is 0 Å². The van der Waals surface area contributed by atoms with Gasteiger partial charge in [-0.1, -0.05) is 40.5 Å². The van der Waals surface area contributed by atoms with E-state index in [4.69, 9.17) is 23.4 Å². The molecule has 39 heavy (non-hydrogen) atoms. The van der Waals surface area contributed by atoms with Gasteiger partial charge in [0.2, 0.25) is 5.60 Å². The van der Waals surface area contributed by atoms with Gasteiger partial charge in [0.25, 0.3) is 0 Å².